The topological polar surface area (TPSA) is 29.3 Å². The van der Waals surface area contributed by atoms with Crippen molar-refractivity contribution in [3.05, 3.63) is 33.4 Å². The molecule has 1 aromatic carbocycles. The van der Waals surface area contributed by atoms with E-state index in [0.29, 0.717) is 0 Å². The van der Waals surface area contributed by atoms with Gasteiger partial charge in [-0.05, 0) is 59.3 Å². The molecule has 2 nitrogen and oxygen atoms in total. The summed E-state index contributed by atoms with van der Waals surface area (Å²) < 4.78 is 1.28. The summed E-state index contributed by atoms with van der Waals surface area (Å²) in [5.74, 6) is 0. The number of nitrogens with zero attached hydrogens (tertiary/aromatic N) is 1. The van der Waals surface area contributed by atoms with E-state index in [9.17, 15) is 0 Å². The minimum atomic E-state index is 0. The van der Waals surface area contributed by atoms with E-state index in [0.717, 1.165) is 19.6 Å². The van der Waals surface area contributed by atoms with Gasteiger partial charge < -0.3 is 10.6 Å². The third-order valence-electron chi connectivity index (χ3n) is 2.62. The molecular formula is C13H22ClIN2. The first-order chi connectivity index (χ1) is 7.43. The largest absolute Gasteiger partial charge is 0.330 e. The highest BCUT2D eigenvalue weighted by Crippen LogP contribution is 2.16. The lowest BCUT2D eigenvalue weighted by Crippen LogP contribution is -2.36. The average Bonchev–Trinajstić information content (AvgIpc) is 2.21. The van der Waals surface area contributed by atoms with Gasteiger partial charge in [0.2, 0.25) is 0 Å². The molecule has 0 saturated heterocycles. The van der Waals surface area contributed by atoms with Crippen LogP contribution < -0.4 is 5.73 Å². The molecule has 0 heterocycles. The first-order valence-electron chi connectivity index (χ1n) is 5.56. The summed E-state index contributed by atoms with van der Waals surface area (Å²) in [6, 6.07) is 8.68. The lowest BCUT2D eigenvalue weighted by Gasteiger charge is -2.29. The molecule has 0 amide bonds. The van der Waals surface area contributed by atoms with Crippen molar-refractivity contribution >= 4 is 35.0 Å². The van der Waals surface area contributed by atoms with Crippen molar-refractivity contribution in [1.82, 2.24) is 4.90 Å². The van der Waals surface area contributed by atoms with E-state index >= 15 is 0 Å². The van der Waals surface area contributed by atoms with Gasteiger partial charge in [-0.25, -0.2) is 0 Å². The van der Waals surface area contributed by atoms with Crippen LogP contribution in [0.2, 0.25) is 0 Å². The molecule has 0 aliphatic heterocycles. The maximum absolute atomic E-state index is 5.74. The highest BCUT2D eigenvalue weighted by molar-refractivity contribution is 14.1. The Morgan fingerprint density at radius 2 is 1.76 bits per heavy atom. The summed E-state index contributed by atoms with van der Waals surface area (Å²) in [5.41, 5.74) is 7.29. The van der Waals surface area contributed by atoms with Gasteiger partial charge in [0.05, 0.1) is 0 Å². The Labute approximate surface area is 125 Å². The Morgan fingerprint density at radius 3 is 2.24 bits per heavy atom. The summed E-state index contributed by atoms with van der Waals surface area (Å²) in [5, 5.41) is 0. The lowest BCUT2D eigenvalue weighted by molar-refractivity contribution is 0.210. The molecule has 0 radical (unpaired) electrons. The van der Waals surface area contributed by atoms with Gasteiger partial charge in [0, 0.05) is 16.7 Å². The molecule has 0 bridgehead atoms. The monoisotopic (exact) mass is 368 g/mol. The van der Waals surface area contributed by atoms with Crippen molar-refractivity contribution in [2.75, 3.05) is 20.1 Å². The summed E-state index contributed by atoms with van der Waals surface area (Å²) >= 11 is 2.33. The molecule has 1 aromatic rings. The Bertz CT molecular complexity index is 325. The van der Waals surface area contributed by atoms with Crippen LogP contribution in [0.5, 0.6) is 0 Å². The lowest BCUT2D eigenvalue weighted by atomic mass is 9.93. The number of benzene rings is 1. The number of nitrogens with two attached hydrogens (primary N) is 1. The normalized spacial score (nSPS) is 11.4. The smallest absolute Gasteiger partial charge is 0.0230 e. The van der Waals surface area contributed by atoms with Crippen LogP contribution in [0.25, 0.3) is 0 Å². The SMILES string of the molecule is CN(Cc1ccc(I)cc1)CC(C)(C)CN.Cl. The minimum absolute atomic E-state index is 0. The van der Waals surface area contributed by atoms with Crippen molar-refractivity contribution < 1.29 is 0 Å². The van der Waals surface area contributed by atoms with Crippen molar-refractivity contribution in [3.8, 4) is 0 Å². The zero-order valence-electron chi connectivity index (χ0n) is 10.7. The number of hydrogen-bond donors (Lipinski definition) is 1. The molecule has 2 N–H and O–H groups in total. The highest BCUT2D eigenvalue weighted by Gasteiger charge is 2.17. The van der Waals surface area contributed by atoms with Crippen LogP contribution in [0.1, 0.15) is 19.4 Å². The van der Waals surface area contributed by atoms with Crippen molar-refractivity contribution in [1.29, 1.82) is 0 Å². The van der Waals surface area contributed by atoms with E-state index in [1.54, 1.807) is 0 Å². The summed E-state index contributed by atoms with van der Waals surface area (Å²) in [6.07, 6.45) is 0. The molecular weight excluding hydrogens is 347 g/mol. The van der Waals surface area contributed by atoms with E-state index in [-0.39, 0.29) is 17.8 Å². The van der Waals surface area contributed by atoms with Crippen LogP contribution in [0.15, 0.2) is 24.3 Å². The maximum atomic E-state index is 5.74. The standard InChI is InChI=1S/C13H21IN2.ClH/c1-13(2,9-15)10-16(3)8-11-4-6-12(14)7-5-11;/h4-7H,8-10,15H2,1-3H3;1H. The second kappa shape index (κ2) is 7.56. The van der Waals surface area contributed by atoms with Crippen LogP contribution >= 0.6 is 35.0 Å². The molecule has 0 aromatic heterocycles. The highest BCUT2D eigenvalue weighted by atomic mass is 127. The van der Waals surface area contributed by atoms with Crippen LogP contribution in [0.4, 0.5) is 0 Å². The molecule has 17 heavy (non-hydrogen) atoms. The second-order valence-electron chi connectivity index (χ2n) is 5.17. The zero-order valence-corrected chi connectivity index (χ0v) is 13.7. The quantitative estimate of drug-likeness (QED) is 0.809. The van der Waals surface area contributed by atoms with Gasteiger partial charge in [-0.2, -0.15) is 0 Å². The van der Waals surface area contributed by atoms with Crippen LogP contribution in [0.3, 0.4) is 0 Å². The molecule has 0 saturated carbocycles. The van der Waals surface area contributed by atoms with Crippen molar-refractivity contribution in [2.45, 2.75) is 20.4 Å². The fourth-order valence-corrected chi connectivity index (χ4v) is 2.11. The fourth-order valence-electron chi connectivity index (χ4n) is 1.75. The number of halogens is 2. The average molecular weight is 369 g/mol. The van der Waals surface area contributed by atoms with Gasteiger partial charge in [-0.3, -0.25) is 0 Å². The minimum Gasteiger partial charge on any atom is -0.330 e. The third kappa shape index (κ3) is 6.60. The first kappa shape index (κ1) is 17.2. The van der Waals surface area contributed by atoms with E-state index in [1.165, 1.54) is 9.13 Å². The van der Waals surface area contributed by atoms with Crippen LogP contribution in [0, 0.1) is 8.99 Å². The van der Waals surface area contributed by atoms with E-state index in [1.807, 2.05) is 0 Å². The molecule has 0 aliphatic carbocycles. The molecule has 0 aliphatic rings. The number of hydrogen-bond acceptors (Lipinski definition) is 2. The van der Waals surface area contributed by atoms with E-state index in [2.05, 4.69) is 72.7 Å². The predicted octanol–water partition coefficient (Wildman–Crippen LogP) is 3.13. The summed E-state index contributed by atoms with van der Waals surface area (Å²) in [6.45, 7) is 7.15. The summed E-state index contributed by atoms with van der Waals surface area (Å²) in [4.78, 5) is 2.33. The van der Waals surface area contributed by atoms with Gasteiger partial charge in [0.15, 0.2) is 0 Å². The van der Waals surface area contributed by atoms with Crippen molar-refractivity contribution in [3.63, 3.8) is 0 Å². The molecule has 1 rings (SSSR count). The predicted molar refractivity (Wildman–Crippen MR) is 85.6 cm³/mol. The van der Waals surface area contributed by atoms with Gasteiger partial charge in [-0.1, -0.05) is 26.0 Å². The third-order valence-corrected chi connectivity index (χ3v) is 3.34. The van der Waals surface area contributed by atoms with E-state index < -0.39 is 0 Å². The van der Waals surface area contributed by atoms with Crippen molar-refractivity contribution in [2.24, 2.45) is 11.1 Å². The first-order valence-corrected chi connectivity index (χ1v) is 6.64. The molecule has 0 unspecified atom stereocenters. The van der Waals surface area contributed by atoms with E-state index in [4.69, 9.17) is 5.73 Å². The molecule has 0 fully saturated rings. The maximum Gasteiger partial charge on any atom is 0.0230 e. The Morgan fingerprint density at radius 1 is 1.24 bits per heavy atom. The zero-order chi connectivity index (χ0) is 12.2. The fraction of sp³-hybridized carbons (Fsp3) is 0.538. The van der Waals surface area contributed by atoms with Gasteiger partial charge >= 0.3 is 0 Å². The Kier molecular flexibility index (Phi) is 7.63. The molecule has 98 valence electrons. The number of rotatable bonds is 5. The van der Waals surface area contributed by atoms with Crippen LogP contribution in [-0.4, -0.2) is 25.0 Å². The molecule has 0 atom stereocenters. The second-order valence-corrected chi connectivity index (χ2v) is 6.41. The van der Waals surface area contributed by atoms with Gasteiger partial charge in [0.25, 0.3) is 0 Å². The molecule has 4 heteroatoms. The molecule has 0 spiro atoms. The van der Waals surface area contributed by atoms with Gasteiger partial charge in [0.1, 0.15) is 0 Å². The summed E-state index contributed by atoms with van der Waals surface area (Å²) in [7, 11) is 2.15. The van der Waals surface area contributed by atoms with Gasteiger partial charge in [-0.15, -0.1) is 12.4 Å². The Balaban J connectivity index is 0.00000256. The van der Waals surface area contributed by atoms with Crippen LogP contribution in [-0.2, 0) is 6.54 Å². The Hall–Kier alpha value is 0.160.